The summed E-state index contributed by atoms with van der Waals surface area (Å²) in [4.78, 5) is 0.303. The Morgan fingerprint density at radius 1 is 1.43 bits per heavy atom. The lowest BCUT2D eigenvalue weighted by Crippen LogP contribution is -2.41. The minimum absolute atomic E-state index is 0.0190. The van der Waals surface area contributed by atoms with E-state index in [2.05, 4.69) is 27.2 Å². The molecule has 21 heavy (non-hydrogen) atoms. The molecule has 2 rings (SSSR count). The van der Waals surface area contributed by atoms with Crippen LogP contribution in [0.1, 0.15) is 50.9 Å². The Labute approximate surface area is 127 Å². The molecule has 120 valence electrons. The molecule has 0 amide bonds. The van der Waals surface area contributed by atoms with E-state index in [1.54, 1.807) is 6.92 Å². The third kappa shape index (κ3) is 3.84. The van der Waals surface area contributed by atoms with E-state index in [0.717, 1.165) is 25.8 Å². The topological polar surface area (TPSA) is 86.9 Å². The van der Waals surface area contributed by atoms with Crippen molar-refractivity contribution < 1.29 is 8.42 Å². The highest BCUT2D eigenvalue weighted by atomic mass is 32.2. The second-order valence-electron chi connectivity index (χ2n) is 5.90. The molecule has 1 heterocycles. The highest BCUT2D eigenvalue weighted by Gasteiger charge is 2.30. The largest absolute Gasteiger partial charge is 0.311 e. The summed E-state index contributed by atoms with van der Waals surface area (Å²) >= 11 is 0. The van der Waals surface area contributed by atoms with Crippen LogP contribution in [0.2, 0.25) is 0 Å². The van der Waals surface area contributed by atoms with E-state index in [9.17, 15) is 8.42 Å². The molecule has 1 atom stereocenters. The molecule has 0 aromatic carbocycles. The van der Waals surface area contributed by atoms with Crippen LogP contribution in [0.25, 0.3) is 0 Å². The molecule has 1 aromatic rings. The van der Waals surface area contributed by atoms with Crippen LogP contribution in [-0.2, 0) is 16.6 Å². The number of H-pyrrole nitrogens is 1. The highest BCUT2D eigenvalue weighted by Crippen LogP contribution is 2.30. The van der Waals surface area contributed by atoms with Gasteiger partial charge < -0.3 is 5.32 Å². The first-order valence-corrected chi connectivity index (χ1v) is 9.21. The molecule has 1 saturated carbocycles. The summed E-state index contributed by atoms with van der Waals surface area (Å²) in [5, 5.41) is 10.1. The molecular weight excluding hydrogens is 288 g/mol. The van der Waals surface area contributed by atoms with Gasteiger partial charge in [-0.1, -0.05) is 13.3 Å². The number of nitrogens with zero attached hydrogens (tertiary/aromatic N) is 1. The summed E-state index contributed by atoms with van der Waals surface area (Å²) < 4.78 is 28.1. The van der Waals surface area contributed by atoms with E-state index in [0.29, 0.717) is 28.7 Å². The van der Waals surface area contributed by atoms with Crippen LogP contribution in [0.4, 0.5) is 0 Å². The molecule has 0 saturated heterocycles. The average molecular weight is 314 g/mol. The van der Waals surface area contributed by atoms with Gasteiger partial charge in [0.25, 0.3) is 0 Å². The highest BCUT2D eigenvalue weighted by molar-refractivity contribution is 7.89. The van der Waals surface area contributed by atoms with Gasteiger partial charge in [-0.15, -0.1) is 0 Å². The smallest absolute Gasteiger partial charge is 0.244 e. The number of nitrogens with one attached hydrogen (secondary N) is 3. The fraction of sp³-hybridized carbons (Fsp3) is 0.786. The Hall–Kier alpha value is -0.920. The van der Waals surface area contributed by atoms with Gasteiger partial charge >= 0.3 is 0 Å². The van der Waals surface area contributed by atoms with E-state index in [1.165, 1.54) is 6.42 Å². The molecule has 0 aliphatic heterocycles. The first kappa shape index (κ1) is 16.5. The minimum atomic E-state index is -3.52. The maximum atomic E-state index is 12.6. The lowest BCUT2D eigenvalue weighted by molar-refractivity contribution is 0.260. The summed E-state index contributed by atoms with van der Waals surface area (Å²) in [7, 11) is -3.52. The van der Waals surface area contributed by atoms with Gasteiger partial charge in [0.15, 0.2) is 0 Å². The maximum absolute atomic E-state index is 12.6. The van der Waals surface area contributed by atoms with Crippen molar-refractivity contribution in [3.8, 4) is 0 Å². The van der Waals surface area contributed by atoms with E-state index in [-0.39, 0.29) is 6.04 Å². The SMILES string of the molecule is CCCNCc1n[nH]c(C)c1S(=O)(=O)NC(C)C1CCC1. The van der Waals surface area contributed by atoms with Crippen molar-refractivity contribution in [2.24, 2.45) is 5.92 Å². The number of hydrogen-bond donors (Lipinski definition) is 3. The van der Waals surface area contributed by atoms with Crippen molar-refractivity contribution in [1.82, 2.24) is 20.2 Å². The zero-order chi connectivity index (χ0) is 15.5. The Bertz CT molecular complexity index is 564. The van der Waals surface area contributed by atoms with Crippen LogP contribution in [0, 0.1) is 12.8 Å². The van der Waals surface area contributed by atoms with E-state index >= 15 is 0 Å². The van der Waals surface area contributed by atoms with Crippen LogP contribution in [-0.4, -0.2) is 31.2 Å². The minimum Gasteiger partial charge on any atom is -0.311 e. The molecule has 1 fully saturated rings. The molecule has 1 unspecified atom stereocenters. The third-order valence-corrected chi connectivity index (χ3v) is 5.91. The van der Waals surface area contributed by atoms with E-state index < -0.39 is 10.0 Å². The van der Waals surface area contributed by atoms with Crippen LogP contribution in [0.15, 0.2) is 4.90 Å². The van der Waals surface area contributed by atoms with Gasteiger partial charge in [-0.05, 0) is 45.6 Å². The zero-order valence-corrected chi connectivity index (χ0v) is 13.9. The summed E-state index contributed by atoms with van der Waals surface area (Å²) in [5.74, 6) is 0.466. The first-order valence-electron chi connectivity index (χ1n) is 7.72. The average Bonchev–Trinajstić information content (AvgIpc) is 2.68. The standard InChI is InChI=1S/C14H26N4O2S/c1-4-8-15-9-13-14(11(3)16-17-13)21(19,20)18-10(2)12-6-5-7-12/h10,12,15,18H,4-9H2,1-3H3,(H,16,17). The third-order valence-electron chi connectivity index (χ3n) is 4.15. The van der Waals surface area contributed by atoms with Crippen molar-refractivity contribution in [2.45, 2.75) is 63.9 Å². The van der Waals surface area contributed by atoms with Crippen LogP contribution in [0.5, 0.6) is 0 Å². The molecule has 1 aliphatic rings. The Morgan fingerprint density at radius 3 is 2.71 bits per heavy atom. The predicted octanol–water partition coefficient (Wildman–Crippen LogP) is 1.68. The Kier molecular flexibility index (Phi) is 5.40. The predicted molar refractivity (Wildman–Crippen MR) is 82.4 cm³/mol. The Morgan fingerprint density at radius 2 is 2.14 bits per heavy atom. The second-order valence-corrected chi connectivity index (χ2v) is 7.55. The molecule has 6 nitrogen and oxygen atoms in total. The number of aromatic amines is 1. The number of rotatable bonds is 8. The van der Waals surface area contributed by atoms with E-state index in [4.69, 9.17) is 0 Å². The van der Waals surface area contributed by atoms with Gasteiger partial charge in [-0.2, -0.15) is 5.10 Å². The first-order chi connectivity index (χ1) is 9.95. The van der Waals surface area contributed by atoms with Crippen LogP contribution in [0.3, 0.4) is 0 Å². The number of hydrogen-bond acceptors (Lipinski definition) is 4. The van der Waals surface area contributed by atoms with Gasteiger partial charge in [0.2, 0.25) is 10.0 Å². The monoisotopic (exact) mass is 314 g/mol. The molecule has 7 heteroatoms. The van der Waals surface area contributed by atoms with Crippen molar-refractivity contribution in [1.29, 1.82) is 0 Å². The Balaban J connectivity index is 2.12. The molecular formula is C14H26N4O2S. The van der Waals surface area contributed by atoms with Gasteiger partial charge in [0, 0.05) is 12.6 Å². The van der Waals surface area contributed by atoms with Gasteiger partial charge in [-0.25, -0.2) is 13.1 Å². The molecule has 1 aliphatic carbocycles. The van der Waals surface area contributed by atoms with Crippen molar-refractivity contribution >= 4 is 10.0 Å². The summed E-state index contributed by atoms with van der Waals surface area (Å²) in [5.41, 5.74) is 1.16. The molecule has 0 bridgehead atoms. The quantitative estimate of drug-likeness (QED) is 0.637. The van der Waals surface area contributed by atoms with Crippen LogP contribution >= 0.6 is 0 Å². The van der Waals surface area contributed by atoms with Gasteiger partial charge in [0.1, 0.15) is 4.90 Å². The number of aromatic nitrogens is 2. The number of aryl methyl sites for hydroxylation is 1. The molecule has 1 aromatic heterocycles. The normalized spacial score (nSPS) is 17.7. The lowest BCUT2D eigenvalue weighted by atomic mass is 9.81. The fourth-order valence-corrected chi connectivity index (χ4v) is 4.35. The van der Waals surface area contributed by atoms with Crippen molar-refractivity contribution in [2.75, 3.05) is 6.54 Å². The molecule has 3 N–H and O–H groups in total. The second kappa shape index (κ2) is 6.89. The maximum Gasteiger partial charge on any atom is 0.244 e. The summed E-state index contributed by atoms with van der Waals surface area (Å²) in [6.07, 6.45) is 4.42. The summed E-state index contributed by atoms with van der Waals surface area (Å²) in [6, 6.07) is -0.0190. The molecule has 0 spiro atoms. The molecule has 0 radical (unpaired) electrons. The summed E-state index contributed by atoms with van der Waals surface area (Å²) in [6.45, 7) is 7.08. The van der Waals surface area contributed by atoms with E-state index in [1.807, 2.05) is 6.92 Å². The van der Waals surface area contributed by atoms with Gasteiger partial charge in [-0.3, -0.25) is 5.10 Å². The van der Waals surface area contributed by atoms with Crippen LogP contribution < -0.4 is 10.0 Å². The number of sulfonamides is 1. The van der Waals surface area contributed by atoms with Crippen molar-refractivity contribution in [3.05, 3.63) is 11.4 Å². The zero-order valence-electron chi connectivity index (χ0n) is 13.1. The fourth-order valence-electron chi connectivity index (χ4n) is 2.67. The lowest BCUT2D eigenvalue weighted by Gasteiger charge is -2.31. The van der Waals surface area contributed by atoms with Crippen molar-refractivity contribution in [3.63, 3.8) is 0 Å². The van der Waals surface area contributed by atoms with Gasteiger partial charge in [0.05, 0.1) is 11.4 Å².